The molecule has 1 aromatic rings. The molecule has 68 valence electrons. The molecule has 0 saturated heterocycles. The molecule has 1 aromatic carbocycles. The van der Waals surface area contributed by atoms with Crippen LogP contribution in [0.15, 0.2) is 18.2 Å². The highest BCUT2D eigenvalue weighted by molar-refractivity contribution is 6.30. The van der Waals surface area contributed by atoms with Gasteiger partial charge >= 0.3 is 0 Å². The van der Waals surface area contributed by atoms with E-state index in [1.54, 1.807) is 13.0 Å². The molecule has 1 nitrogen and oxygen atoms in total. The summed E-state index contributed by atoms with van der Waals surface area (Å²) in [7, 11) is 0. The van der Waals surface area contributed by atoms with Crippen LogP contribution < -0.4 is 5.73 Å². The van der Waals surface area contributed by atoms with Crippen LogP contribution in [0.3, 0.4) is 0 Å². The first-order valence-electron chi connectivity index (χ1n) is 3.32. The van der Waals surface area contributed by atoms with Crippen LogP contribution in [-0.4, -0.2) is 0 Å². The minimum absolute atomic E-state index is 0. The highest BCUT2D eigenvalue weighted by Gasteiger charge is 2.06. The van der Waals surface area contributed by atoms with Crippen LogP contribution in [0, 0.1) is 5.82 Å². The van der Waals surface area contributed by atoms with Gasteiger partial charge in [-0.05, 0) is 25.1 Å². The summed E-state index contributed by atoms with van der Waals surface area (Å²) in [6.45, 7) is 1.72. The molecule has 1 atom stereocenters. The van der Waals surface area contributed by atoms with Crippen molar-refractivity contribution in [2.75, 3.05) is 0 Å². The Bertz CT molecular complexity index is 263. The van der Waals surface area contributed by atoms with Gasteiger partial charge < -0.3 is 5.73 Å². The summed E-state index contributed by atoms with van der Waals surface area (Å²) in [5.41, 5.74) is 5.94. The fraction of sp³-hybridized carbons (Fsp3) is 0.250. The molecule has 0 aliphatic rings. The Morgan fingerprint density at radius 1 is 1.50 bits per heavy atom. The summed E-state index contributed by atoms with van der Waals surface area (Å²) in [6.07, 6.45) is 0. The third-order valence-electron chi connectivity index (χ3n) is 1.45. The topological polar surface area (TPSA) is 26.0 Å². The number of hydrogen-bond donors (Lipinski definition) is 1. The Balaban J connectivity index is 0.00000121. The van der Waals surface area contributed by atoms with Gasteiger partial charge in [-0.2, -0.15) is 0 Å². The predicted molar refractivity (Wildman–Crippen MR) is 51.3 cm³/mol. The maximum atomic E-state index is 12.9. The molecular formula is C8H10Cl2FN. The van der Waals surface area contributed by atoms with Gasteiger partial charge in [-0.1, -0.05) is 11.6 Å². The van der Waals surface area contributed by atoms with Gasteiger partial charge in [-0.15, -0.1) is 12.4 Å². The maximum absolute atomic E-state index is 12.9. The van der Waals surface area contributed by atoms with Crippen molar-refractivity contribution in [1.29, 1.82) is 0 Å². The van der Waals surface area contributed by atoms with Crippen molar-refractivity contribution < 1.29 is 4.39 Å². The summed E-state index contributed by atoms with van der Waals surface area (Å²) in [5.74, 6) is -0.301. The molecule has 0 heterocycles. The molecule has 12 heavy (non-hydrogen) atoms. The lowest BCUT2D eigenvalue weighted by molar-refractivity contribution is 0.594. The van der Waals surface area contributed by atoms with E-state index in [0.29, 0.717) is 10.6 Å². The molecule has 0 bridgehead atoms. The lowest BCUT2D eigenvalue weighted by atomic mass is 10.1. The lowest BCUT2D eigenvalue weighted by Gasteiger charge is -2.06. The van der Waals surface area contributed by atoms with E-state index in [4.69, 9.17) is 17.3 Å². The summed E-state index contributed by atoms with van der Waals surface area (Å²) < 4.78 is 12.9. The molecule has 2 N–H and O–H groups in total. The Morgan fingerprint density at radius 2 is 2.08 bits per heavy atom. The quantitative estimate of drug-likeness (QED) is 0.757. The fourth-order valence-electron chi connectivity index (χ4n) is 0.864. The van der Waals surface area contributed by atoms with E-state index in [9.17, 15) is 4.39 Å². The SMILES string of the molecule is C[C@@H](N)c1cc(Cl)ccc1F.Cl. The highest BCUT2D eigenvalue weighted by Crippen LogP contribution is 2.19. The lowest BCUT2D eigenvalue weighted by Crippen LogP contribution is -2.06. The first kappa shape index (κ1) is 11.7. The van der Waals surface area contributed by atoms with Crippen LogP contribution in [-0.2, 0) is 0 Å². The zero-order valence-corrected chi connectivity index (χ0v) is 8.12. The predicted octanol–water partition coefficient (Wildman–Crippen LogP) is 2.92. The summed E-state index contributed by atoms with van der Waals surface area (Å²) in [5, 5.41) is 0.513. The van der Waals surface area contributed by atoms with E-state index >= 15 is 0 Å². The molecule has 1 rings (SSSR count). The summed E-state index contributed by atoms with van der Waals surface area (Å²) in [6, 6.07) is 4.06. The average molecular weight is 210 g/mol. The van der Waals surface area contributed by atoms with E-state index in [1.165, 1.54) is 12.1 Å². The van der Waals surface area contributed by atoms with Crippen molar-refractivity contribution in [3.63, 3.8) is 0 Å². The van der Waals surface area contributed by atoms with Crippen LogP contribution in [0.25, 0.3) is 0 Å². The Morgan fingerprint density at radius 3 is 2.50 bits per heavy atom. The number of hydrogen-bond acceptors (Lipinski definition) is 1. The molecule has 0 amide bonds. The Hall–Kier alpha value is -0.310. The summed E-state index contributed by atoms with van der Waals surface area (Å²) >= 11 is 5.64. The molecule has 0 fully saturated rings. The second kappa shape index (κ2) is 4.65. The largest absolute Gasteiger partial charge is 0.324 e. The summed E-state index contributed by atoms with van der Waals surface area (Å²) in [4.78, 5) is 0. The van der Waals surface area contributed by atoms with Gasteiger partial charge in [0.15, 0.2) is 0 Å². The van der Waals surface area contributed by atoms with Crippen LogP contribution in [0.4, 0.5) is 4.39 Å². The zero-order chi connectivity index (χ0) is 8.43. The minimum atomic E-state index is -0.311. The maximum Gasteiger partial charge on any atom is 0.128 e. The first-order valence-corrected chi connectivity index (χ1v) is 3.69. The van der Waals surface area contributed by atoms with Gasteiger partial charge in [0.05, 0.1) is 0 Å². The van der Waals surface area contributed by atoms with Gasteiger partial charge in [0.1, 0.15) is 5.82 Å². The Kier molecular flexibility index (Phi) is 4.53. The molecule has 0 unspecified atom stereocenters. The Labute approximate surface area is 82.1 Å². The van der Waals surface area contributed by atoms with E-state index in [1.807, 2.05) is 0 Å². The van der Waals surface area contributed by atoms with Crippen molar-refractivity contribution >= 4 is 24.0 Å². The van der Waals surface area contributed by atoms with Crippen LogP contribution in [0.5, 0.6) is 0 Å². The normalized spacial score (nSPS) is 12.0. The second-order valence-corrected chi connectivity index (χ2v) is 2.89. The highest BCUT2D eigenvalue weighted by atomic mass is 35.5. The molecule has 0 spiro atoms. The van der Waals surface area contributed by atoms with E-state index in [2.05, 4.69) is 0 Å². The monoisotopic (exact) mass is 209 g/mol. The molecule has 0 aromatic heterocycles. The zero-order valence-electron chi connectivity index (χ0n) is 6.55. The molecule has 0 saturated carbocycles. The second-order valence-electron chi connectivity index (χ2n) is 2.45. The average Bonchev–Trinajstić information content (AvgIpc) is 1.94. The number of rotatable bonds is 1. The molecule has 4 heteroatoms. The number of halogens is 3. The van der Waals surface area contributed by atoms with Crippen LogP contribution in [0.1, 0.15) is 18.5 Å². The minimum Gasteiger partial charge on any atom is -0.324 e. The number of nitrogens with two attached hydrogens (primary N) is 1. The van der Waals surface area contributed by atoms with E-state index < -0.39 is 0 Å². The van der Waals surface area contributed by atoms with Crippen molar-refractivity contribution in [2.24, 2.45) is 5.73 Å². The van der Waals surface area contributed by atoms with E-state index in [0.717, 1.165) is 0 Å². The van der Waals surface area contributed by atoms with Gasteiger partial charge in [0.25, 0.3) is 0 Å². The molecule has 0 aliphatic heterocycles. The van der Waals surface area contributed by atoms with Gasteiger partial charge in [0.2, 0.25) is 0 Å². The third kappa shape index (κ3) is 2.63. The first-order chi connectivity index (χ1) is 5.11. The smallest absolute Gasteiger partial charge is 0.128 e. The van der Waals surface area contributed by atoms with Crippen molar-refractivity contribution in [2.45, 2.75) is 13.0 Å². The van der Waals surface area contributed by atoms with Crippen LogP contribution in [0.2, 0.25) is 5.02 Å². The van der Waals surface area contributed by atoms with Crippen molar-refractivity contribution in [3.8, 4) is 0 Å². The van der Waals surface area contributed by atoms with Gasteiger partial charge in [-0.25, -0.2) is 4.39 Å². The standard InChI is InChI=1S/C8H9ClFN.ClH/c1-5(11)7-4-6(9)2-3-8(7)10;/h2-5H,11H2,1H3;1H/t5-;/m1./s1. The van der Waals surface area contributed by atoms with Gasteiger partial charge in [-0.3, -0.25) is 0 Å². The molecule has 0 aliphatic carbocycles. The van der Waals surface area contributed by atoms with E-state index in [-0.39, 0.29) is 24.3 Å². The number of benzene rings is 1. The van der Waals surface area contributed by atoms with Crippen LogP contribution >= 0.6 is 24.0 Å². The molecule has 0 radical (unpaired) electrons. The van der Waals surface area contributed by atoms with Crippen molar-refractivity contribution in [1.82, 2.24) is 0 Å². The van der Waals surface area contributed by atoms with Crippen molar-refractivity contribution in [3.05, 3.63) is 34.6 Å². The fourth-order valence-corrected chi connectivity index (χ4v) is 1.04. The molecular weight excluding hydrogens is 200 g/mol. The third-order valence-corrected chi connectivity index (χ3v) is 1.68. The van der Waals surface area contributed by atoms with Gasteiger partial charge in [0, 0.05) is 16.6 Å².